The zero-order valence-corrected chi connectivity index (χ0v) is 14.1. The van der Waals surface area contributed by atoms with Gasteiger partial charge in [0.05, 0.1) is 4.90 Å². The van der Waals surface area contributed by atoms with Crippen LogP contribution in [0.15, 0.2) is 29.2 Å². The summed E-state index contributed by atoms with van der Waals surface area (Å²) in [5.41, 5.74) is 0.425. The summed E-state index contributed by atoms with van der Waals surface area (Å²) in [6.07, 6.45) is 1.14. The summed E-state index contributed by atoms with van der Waals surface area (Å²) in [4.78, 5) is 14.4. The molecule has 0 saturated heterocycles. The van der Waals surface area contributed by atoms with E-state index in [4.69, 9.17) is 0 Å². The van der Waals surface area contributed by atoms with E-state index in [-0.39, 0.29) is 16.2 Å². The minimum Gasteiger partial charge on any atom is -0.351 e. The number of rotatable bonds is 6. The maximum atomic E-state index is 12.1. The summed E-state index contributed by atoms with van der Waals surface area (Å²) in [6.45, 7) is 5.58. The van der Waals surface area contributed by atoms with Crippen LogP contribution in [0.3, 0.4) is 0 Å². The molecule has 5 nitrogen and oxygen atoms in total. The fraction of sp³-hybridized carbons (Fsp3) is 0.533. The van der Waals surface area contributed by atoms with Gasteiger partial charge in [0, 0.05) is 24.9 Å². The first-order valence-electron chi connectivity index (χ1n) is 6.74. The molecule has 0 spiro atoms. The van der Waals surface area contributed by atoms with Crippen molar-refractivity contribution >= 4 is 15.7 Å². The lowest BCUT2D eigenvalue weighted by atomic mass is 9.93. The Hall–Kier alpha value is -1.40. The third kappa shape index (κ3) is 5.85. The van der Waals surface area contributed by atoms with Crippen LogP contribution in [0.4, 0.5) is 0 Å². The first kappa shape index (κ1) is 17.7. The average molecular weight is 312 g/mol. The van der Waals surface area contributed by atoms with Gasteiger partial charge in [0.2, 0.25) is 0 Å². The van der Waals surface area contributed by atoms with Crippen LogP contribution in [-0.2, 0) is 9.84 Å². The van der Waals surface area contributed by atoms with Crippen LogP contribution in [0.2, 0.25) is 0 Å². The second-order valence-electron chi connectivity index (χ2n) is 6.38. The van der Waals surface area contributed by atoms with E-state index in [1.165, 1.54) is 24.3 Å². The highest BCUT2D eigenvalue weighted by molar-refractivity contribution is 7.90. The van der Waals surface area contributed by atoms with Crippen LogP contribution in [0.5, 0.6) is 0 Å². The van der Waals surface area contributed by atoms with E-state index < -0.39 is 9.84 Å². The number of hydrogen-bond donors (Lipinski definition) is 1. The van der Waals surface area contributed by atoms with Gasteiger partial charge >= 0.3 is 0 Å². The molecule has 0 aliphatic carbocycles. The second-order valence-corrected chi connectivity index (χ2v) is 8.40. The molecule has 6 heteroatoms. The highest BCUT2D eigenvalue weighted by Crippen LogP contribution is 2.15. The van der Waals surface area contributed by atoms with E-state index in [1.807, 2.05) is 14.1 Å². The fourth-order valence-electron chi connectivity index (χ4n) is 2.19. The number of amides is 1. The highest BCUT2D eigenvalue weighted by Gasteiger charge is 2.20. The van der Waals surface area contributed by atoms with Crippen molar-refractivity contribution in [1.29, 1.82) is 0 Å². The molecule has 1 aromatic rings. The molecule has 0 aliphatic heterocycles. The predicted octanol–water partition coefficient (Wildman–Crippen LogP) is 1.41. The Labute approximate surface area is 127 Å². The molecule has 1 amide bonds. The number of nitrogens with one attached hydrogen (secondary N) is 1. The molecule has 0 heterocycles. The molecule has 0 radical (unpaired) electrons. The van der Waals surface area contributed by atoms with Gasteiger partial charge in [-0.3, -0.25) is 4.79 Å². The highest BCUT2D eigenvalue weighted by atomic mass is 32.2. The van der Waals surface area contributed by atoms with Gasteiger partial charge in [-0.05, 0) is 43.8 Å². The summed E-state index contributed by atoms with van der Waals surface area (Å²) in [6, 6.07) is 5.97. The van der Waals surface area contributed by atoms with Gasteiger partial charge < -0.3 is 10.2 Å². The number of carbonyl (C=O) groups excluding carboxylic acids is 1. The molecule has 1 N–H and O–H groups in total. The summed E-state index contributed by atoms with van der Waals surface area (Å²) in [7, 11) is 0.756. The maximum absolute atomic E-state index is 12.1. The zero-order valence-electron chi connectivity index (χ0n) is 13.3. The summed E-state index contributed by atoms with van der Waals surface area (Å²) in [5, 5.41) is 2.89. The Bertz CT molecular complexity index is 590. The minimum atomic E-state index is -3.23. The normalized spacial score (nSPS) is 12.5. The largest absolute Gasteiger partial charge is 0.351 e. The van der Waals surface area contributed by atoms with Crippen LogP contribution in [-0.4, -0.2) is 52.7 Å². The molecule has 21 heavy (non-hydrogen) atoms. The first-order valence-corrected chi connectivity index (χ1v) is 8.63. The first-order chi connectivity index (χ1) is 9.51. The van der Waals surface area contributed by atoms with Crippen LogP contribution >= 0.6 is 0 Å². The number of carbonyl (C=O) groups is 1. The van der Waals surface area contributed by atoms with Crippen molar-refractivity contribution in [3.05, 3.63) is 29.8 Å². The van der Waals surface area contributed by atoms with E-state index in [2.05, 4.69) is 24.1 Å². The predicted molar refractivity (Wildman–Crippen MR) is 84.2 cm³/mol. The zero-order chi connectivity index (χ0) is 16.3. The number of nitrogens with zero attached hydrogens (tertiary/aromatic N) is 1. The molecule has 0 saturated carbocycles. The Balaban J connectivity index is 2.69. The lowest BCUT2D eigenvalue weighted by Gasteiger charge is -2.28. The van der Waals surface area contributed by atoms with Gasteiger partial charge in [-0.15, -0.1) is 0 Å². The molecule has 118 valence electrons. The number of hydrogen-bond acceptors (Lipinski definition) is 4. The van der Waals surface area contributed by atoms with E-state index in [1.54, 1.807) is 0 Å². The number of sulfone groups is 1. The lowest BCUT2D eigenvalue weighted by Crippen LogP contribution is -2.39. The van der Waals surface area contributed by atoms with Crippen LogP contribution < -0.4 is 5.32 Å². The molecule has 0 aliphatic rings. The van der Waals surface area contributed by atoms with Gasteiger partial charge in [0.15, 0.2) is 9.84 Å². The van der Waals surface area contributed by atoms with Crippen LogP contribution in [0.25, 0.3) is 0 Å². The summed E-state index contributed by atoms with van der Waals surface area (Å²) in [5.74, 6) is -0.193. The molecule has 0 unspecified atom stereocenters. The van der Waals surface area contributed by atoms with Crippen LogP contribution in [0.1, 0.15) is 24.2 Å². The monoisotopic (exact) mass is 312 g/mol. The topological polar surface area (TPSA) is 66.5 Å². The Kier molecular flexibility index (Phi) is 5.53. The molecule has 0 atom stereocenters. The van der Waals surface area contributed by atoms with Crippen molar-refractivity contribution in [1.82, 2.24) is 10.2 Å². The quantitative estimate of drug-likeness (QED) is 0.862. The average Bonchev–Trinajstić information content (AvgIpc) is 2.33. The van der Waals surface area contributed by atoms with E-state index in [9.17, 15) is 13.2 Å². The minimum absolute atomic E-state index is 0.0359. The smallest absolute Gasteiger partial charge is 0.251 e. The molecule has 1 aromatic carbocycles. The molecular formula is C15H24N2O3S. The summed E-state index contributed by atoms with van der Waals surface area (Å²) >= 11 is 0. The molecule has 0 fully saturated rings. The fourth-order valence-corrected chi connectivity index (χ4v) is 2.82. The third-order valence-electron chi connectivity index (χ3n) is 3.02. The van der Waals surface area contributed by atoms with Gasteiger partial charge in [0.25, 0.3) is 5.91 Å². The van der Waals surface area contributed by atoms with Crippen LogP contribution in [0, 0.1) is 5.41 Å². The van der Waals surface area contributed by atoms with Crippen molar-refractivity contribution in [3.8, 4) is 0 Å². The van der Waals surface area contributed by atoms with Crippen molar-refractivity contribution in [3.63, 3.8) is 0 Å². The molecule has 0 aromatic heterocycles. The second kappa shape index (κ2) is 6.58. The van der Waals surface area contributed by atoms with Gasteiger partial charge in [-0.2, -0.15) is 0 Å². The summed E-state index contributed by atoms with van der Waals surface area (Å²) < 4.78 is 22.7. The van der Waals surface area contributed by atoms with Gasteiger partial charge in [-0.25, -0.2) is 8.42 Å². The van der Waals surface area contributed by atoms with Gasteiger partial charge in [-0.1, -0.05) is 13.8 Å². The SMILES string of the molecule is CN(C)CC(C)(C)CNC(=O)c1ccc(S(C)(=O)=O)cc1. The van der Waals surface area contributed by atoms with E-state index in [0.717, 1.165) is 12.8 Å². The van der Waals surface area contributed by atoms with Crippen molar-refractivity contribution in [2.24, 2.45) is 5.41 Å². The van der Waals surface area contributed by atoms with Crippen molar-refractivity contribution in [2.45, 2.75) is 18.7 Å². The van der Waals surface area contributed by atoms with E-state index in [0.29, 0.717) is 12.1 Å². The van der Waals surface area contributed by atoms with Crippen molar-refractivity contribution in [2.75, 3.05) is 33.4 Å². The van der Waals surface area contributed by atoms with E-state index >= 15 is 0 Å². The lowest BCUT2D eigenvalue weighted by molar-refractivity contribution is 0.0929. The molecule has 0 bridgehead atoms. The number of benzene rings is 1. The Morgan fingerprint density at radius 2 is 1.71 bits per heavy atom. The van der Waals surface area contributed by atoms with Crippen molar-refractivity contribution < 1.29 is 13.2 Å². The Morgan fingerprint density at radius 1 is 1.19 bits per heavy atom. The molecule has 1 rings (SSSR count). The molecular weight excluding hydrogens is 288 g/mol. The standard InChI is InChI=1S/C15H24N2O3S/c1-15(2,11-17(3)4)10-16-14(18)12-6-8-13(9-7-12)21(5,19)20/h6-9H,10-11H2,1-5H3,(H,16,18). The third-order valence-corrected chi connectivity index (χ3v) is 4.14. The van der Waals surface area contributed by atoms with Gasteiger partial charge in [0.1, 0.15) is 0 Å². The maximum Gasteiger partial charge on any atom is 0.251 e. The Morgan fingerprint density at radius 3 is 2.14 bits per heavy atom.